The normalized spacial score (nSPS) is 18.9. The molecule has 0 spiro atoms. The van der Waals surface area contributed by atoms with Crippen LogP contribution in [0.4, 0.5) is 0 Å². The van der Waals surface area contributed by atoms with E-state index in [2.05, 4.69) is 54.2 Å². The van der Waals surface area contributed by atoms with E-state index in [9.17, 15) is 0 Å². The average Bonchev–Trinajstić information content (AvgIpc) is 3.01. The number of nitrogens with one attached hydrogen (secondary N) is 1. The summed E-state index contributed by atoms with van der Waals surface area (Å²) in [5, 5.41) is 8.27. The summed E-state index contributed by atoms with van der Waals surface area (Å²) < 4.78 is 2.17. The molecule has 19 heavy (non-hydrogen) atoms. The molecule has 1 atom stereocenters. The summed E-state index contributed by atoms with van der Waals surface area (Å²) in [7, 11) is 0. The fraction of sp³-hybridized carbons (Fsp3) is 0.438. The maximum absolute atomic E-state index is 4.73. The molecule has 0 aliphatic carbocycles. The van der Waals surface area contributed by atoms with E-state index in [1.165, 1.54) is 29.7 Å². The molecule has 3 rings (SSSR count). The van der Waals surface area contributed by atoms with Crippen LogP contribution in [0.2, 0.25) is 0 Å². The fourth-order valence-corrected chi connectivity index (χ4v) is 3.02. The Morgan fingerprint density at radius 1 is 1.26 bits per heavy atom. The number of benzene rings is 1. The van der Waals surface area contributed by atoms with Gasteiger partial charge in [-0.05, 0) is 38.8 Å². The molecule has 100 valence electrons. The van der Waals surface area contributed by atoms with Crippen molar-refractivity contribution in [3.8, 4) is 11.1 Å². The highest BCUT2D eigenvalue weighted by molar-refractivity contribution is 5.68. The Balaban J connectivity index is 1.91. The highest BCUT2D eigenvalue weighted by Crippen LogP contribution is 2.27. The Labute approximate surface area is 114 Å². The molecule has 1 unspecified atom stereocenters. The van der Waals surface area contributed by atoms with Crippen LogP contribution in [0.25, 0.3) is 11.1 Å². The minimum Gasteiger partial charge on any atom is -0.312 e. The molecular formula is C16H21N3. The fourth-order valence-electron chi connectivity index (χ4n) is 3.02. The van der Waals surface area contributed by atoms with E-state index in [1.807, 2.05) is 0 Å². The highest BCUT2D eigenvalue weighted by Gasteiger charge is 2.18. The number of rotatable bonds is 3. The molecular weight excluding hydrogens is 234 g/mol. The van der Waals surface area contributed by atoms with Crippen LogP contribution < -0.4 is 5.32 Å². The summed E-state index contributed by atoms with van der Waals surface area (Å²) in [6.45, 7) is 6.42. The van der Waals surface area contributed by atoms with Crippen LogP contribution in [0.1, 0.15) is 24.2 Å². The largest absolute Gasteiger partial charge is 0.312 e. The van der Waals surface area contributed by atoms with Crippen molar-refractivity contribution in [3.63, 3.8) is 0 Å². The molecule has 2 heterocycles. The number of aromatic nitrogens is 2. The molecule has 1 fully saturated rings. The lowest BCUT2D eigenvalue weighted by Gasteiger charge is -2.12. The van der Waals surface area contributed by atoms with Crippen LogP contribution >= 0.6 is 0 Å². The smallest absolute Gasteiger partial charge is 0.0674 e. The van der Waals surface area contributed by atoms with Gasteiger partial charge < -0.3 is 5.32 Å². The predicted molar refractivity (Wildman–Crippen MR) is 78.2 cm³/mol. The SMILES string of the molecule is Cc1nn(CC2CCCN2)c(C)c1-c1ccccc1. The van der Waals surface area contributed by atoms with Gasteiger partial charge in [0.15, 0.2) is 0 Å². The van der Waals surface area contributed by atoms with E-state index in [-0.39, 0.29) is 0 Å². The topological polar surface area (TPSA) is 29.9 Å². The standard InChI is InChI=1S/C16H21N3/c1-12-16(14-7-4-3-5-8-14)13(2)19(18-12)11-15-9-6-10-17-15/h3-5,7-8,15,17H,6,9-11H2,1-2H3. The van der Waals surface area contributed by atoms with Gasteiger partial charge in [-0.15, -0.1) is 0 Å². The molecule has 3 nitrogen and oxygen atoms in total. The molecule has 0 bridgehead atoms. The summed E-state index contributed by atoms with van der Waals surface area (Å²) in [5.74, 6) is 0. The van der Waals surface area contributed by atoms with Crippen LogP contribution in [0.5, 0.6) is 0 Å². The third-order valence-electron chi connectivity index (χ3n) is 4.00. The first-order valence-corrected chi connectivity index (χ1v) is 7.08. The van der Waals surface area contributed by atoms with Crippen LogP contribution in [-0.2, 0) is 6.54 Å². The Kier molecular flexibility index (Phi) is 3.38. The molecule has 1 aromatic heterocycles. The Hall–Kier alpha value is -1.61. The van der Waals surface area contributed by atoms with E-state index in [0.717, 1.165) is 18.8 Å². The first kappa shape index (κ1) is 12.4. The molecule has 1 aliphatic rings. The molecule has 1 aliphatic heterocycles. The van der Waals surface area contributed by atoms with Crippen molar-refractivity contribution in [2.45, 2.75) is 39.3 Å². The quantitative estimate of drug-likeness (QED) is 0.914. The van der Waals surface area contributed by atoms with Gasteiger partial charge in [0.1, 0.15) is 0 Å². The summed E-state index contributed by atoms with van der Waals surface area (Å²) >= 11 is 0. The van der Waals surface area contributed by atoms with Crippen molar-refractivity contribution in [3.05, 3.63) is 41.7 Å². The summed E-state index contributed by atoms with van der Waals surface area (Å²) in [4.78, 5) is 0. The van der Waals surface area contributed by atoms with Crippen molar-refractivity contribution >= 4 is 0 Å². The van der Waals surface area contributed by atoms with Crippen molar-refractivity contribution < 1.29 is 0 Å². The molecule has 2 aromatic rings. The second kappa shape index (κ2) is 5.17. The number of aryl methyl sites for hydroxylation is 1. The molecule has 3 heteroatoms. The maximum atomic E-state index is 4.73. The number of hydrogen-bond acceptors (Lipinski definition) is 2. The maximum Gasteiger partial charge on any atom is 0.0674 e. The second-order valence-corrected chi connectivity index (χ2v) is 5.39. The van der Waals surface area contributed by atoms with Gasteiger partial charge in [0, 0.05) is 17.3 Å². The van der Waals surface area contributed by atoms with Gasteiger partial charge in [0.25, 0.3) is 0 Å². The van der Waals surface area contributed by atoms with E-state index in [0.29, 0.717) is 6.04 Å². The Bertz CT molecular complexity index is 551. The third-order valence-corrected chi connectivity index (χ3v) is 4.00. The molecule has 0 amide bonds. The lowest BCUT2D eigenvalue weighted by atomic mass is 10.0. The van der Waals surface area contributed by atoms with E-state index in [1.54, 1.807) is 0 Å². The minimum absolute atomic E-state index is 0.585. The zero-order valence-electron chi connectivity index (χ0n) is 11.7. The first-order valence-electron chi connectivity index (χ1n) is 7.08. The van der Waals surface area contributed by atoms with Gasteiger partial charge in [-0.3, -0.25) is 4.68 Å². The molecule has 0 saturated carbocycles. The van der Waals surface area contributed by atoms with Gasteiger partial charge >= 0.3 is 0 Å². The van der Waals surface area contributed by atoms with E-state index in [4.69, 9.17) is 5.10 Å². The molecule has 1 N–H and O–H groups in total. The molecule has 0 radical (unpaired) electrons. The van der Waals surface area contributed by atoms with Gasteiger partial charge in [-0.1, -0.05) is 30.3 Å². The van der Waals surface area contributed by atoms with Crippen molar-refractivity contribution in [2.75, 3.05) is 6.54 Å². The number of hydrogen-bond donors (Lipinski definition) is 1. The van der Waals surface area contributed by atoms with Gasteiger partial charge in [-0.2, -0.15) is 5.10 Å². The predicted octanol–water partition coefficient (Wildman–Crippen LogP) is 2.92. The van der Waals surface area contributed by atoms with Crippen molar-refractivity contribution in [1.82, 2.24) is 15.1 Å². The van der Waals surface area contributed by atoms with E-state index < -0.39 is 0 Å². The highest BCUT2D eigenvalue weighted by atomic mass is 15.3. The zero-order valence-corrected chi connectivity index (χ0v) is 11.7. The summed E-state index contributed by atoms with van der Waals surface area (Å²) in [5.41, 5.74) is 4.96. The number of nitrogens with zero attached hydrogens (tertiary/aromatic N) is 2. The first-order chi connectivity index (χ1) is 9.25. The van der Waals surface area contributed by atoms with E-state index >= 15 is 0 Å². The van der Waals surface area contributed by atoms with Crippen LogP contribution in [0.3, 0.4) is 0 Å². The zero-order chi connectivity index (χ0) is 13.2. The lowest BCUT2D eigenvalue weighted by molar-refractivity contribution is 0.467. The van der Waals surface area contributed by atoms with Gasteiger partial charge in [0.05, 0.1) is 12.2 Å². The van der Waals surface area contributed by atoms with Crippen molar-refractivity contribution in [1.29, 1.82) is 0 Å². The summed E-state index contributed by atoms with van der Waals surface area (Å²) in [6, 6.07) is 11.1. The van der Waals surface area contributed by atoms with Crippen LogP contribution in [-0.4, -0.2) is 22.4 Å². The molecule has 1 aromatic carbocycles. The monoisotopic (exact) mass is 255 g/mol. The third kappa shape index (κ3) is 2.43. The van der Waals surface area contributed by atoms with Crippen LogP contribution in [0, 0.1) is 13.8 Å². The Morgan fingerprint density at radius 2 is 2.05 bits per heavy atom. The van der Waals surface area contributed by atoms with Crippen LogP contribution in [0.15, 0.2) is 30.3 Å². The average molecular weight is 255 g/mol. The lowest BCUT2D eigenvalue weighted by Crippen LogP contribution is -2.27. The molecule has 1 saturated heterocycles. The van der Waals surface area contributed by atoms with Crippen molar-refractivity contribution in [2.24, 2.45) is 0 Å². The summed E-state index contributed by atoms with van der Waals surface area (Å²) in [6.07, 6.45) is 2.55. The Morgan fingerprint density at radius 3 is 2.74 bits per heavy atom. The van der Waals surface area contributed by atoms with Gasteiger partial charge in [-0.25, -0.2) is 0 Å². The second-order valence-electron chi connectivity index (χ2n) is 5.39. The minimum atomic E-state index is 0.585. The van der Waals surface area contributed by atoms with Gasteiger partial charge in [0.2, 0.25) is 0 Å².